The minimum absolute atomic E-state index is 0.221. The van der Waals surface area contributed by atoms with Crippen LogP contribution in [0, 0.1) is 12.7 Å². The number of carbonyl (C=O) groups is 1. The standard InChI is InChI=1S/C16H15FO2/c1-3-19-15-7-5-4-6-13(15)16(18)14-10-12(17)9-8-11(14)2/h4-10H,3H2,1-2H3. The summed E-state index contributed by atoms with van der Waals surface area (Å²) in [7, 11) is 0. The van der Waals surface area contributed by atoms with Gasteiger partial charge in [0.15, 0.2) is 5.78 Å². The van der Waals surface area contributed by atoms with Crippen LogP contribution in [0.4, 0.5) is 4.39 Å². The van der Waals surface area contributed by atoms with Gasteiger partial charge in [-0.25, -0.2) is 4.39 Å². The maximum absolute atomic E-state index is 13.3. The van der Waals surface area contributed by atoms with Crippen molar-refractivity contribution in [3.63, 3.8) is 0 Å². The minimum Gasteiger partial charge on any atom is -0.493 e. The molecule has 0 bridgehead atoms. The number of rotatable bonds is 4. The van der Waals surface area contributed by atoms with Crippen molar-refractivity contribution in [1.29, 1.82) is 0 Å². The van der Waals surface area contributed by atoms with Crippen molar-refractivity contribution >= 4 is 5.78 Å². The number of carbonyl (C=O) groups excluding carboxylic acids is 1. The van der Waals surface area contributed by atoms with E-state index in [4.69, 9.17) is 4.74 Å². The van der Waals surface area contributed by atoms with Crippen LogP contribution in [0.3, 0.4) is 0 Å². The molecule has 0 aromatic heterocycles. The van der Waals surface area contributed by atoms with E-state index in [1.54, 1.807) is 37.3 Å². The molecule has 0 saturated heterocycles. The Kier molecular flexibility index (Phi) is 3.95. The molecular weight excluding hydrogens is 243 g/mol. The second-order valence-corrected chi connectivity index (χ2v) is 4.22. The lowest BCUT2D eigenvalue weighted by atomic mass is 9.98. The van der Waals surface area contributed by atoms with E-state index in [-0.39, 0.29) is 5.78 Å². The largest absolute Gasteiger partial charge is 0.493 e. The summed E-state index contributed by atoms with van der Waals surface area (Å²) in [6.07, 6.45) is 0. The third kappa shape index (κ3) is 2.81. The molecule has 2 aromatic rings. The van der Waals surface area contributed by atoms with Gasteiger partial charge < -0.3 is 4.74 Å². The van der Waals surface area contributed by atoms with Gasteiger partial charge in [0.2, 0.25) is 0 Å². The normalized spacial score (nSPS) is 10.3. The van der Waals surface area contributed by atoms with Gasteiger partial charge in [-0.05, 0) is 43.7 Å². The molecule has 3 heteroatoms. The molecular formula is C16H15FO2. The van der Waals surface area contributed by atoms with Gasteiger partial charge in [-0.2, -0.15) is 0 Å². The molecule has 98 valence electrons. The van der Waals surface area contributed by atoms with Gasteiger partial charge in [0.25, 0.3) is 0 Å². The number of para-hydroxylation sites is 1. The second kappa shape index (κ2) is 5.65. The quantitative estimate of drug-likeness (QED) is 0.780. The highest BCUT2D eigenvalue weighted by molar-refractivity contribution is 6.11. The second-order valence-electron chi connectivity index (χ2n) is 4.22. The van der Waals surface area contributed by atoms with E-state index in [0.717, 1.165) is 5.56 Å². The van der Waals surface area contributed by atoms with Crippen molar-refractivity contribution in [2.75, 3.05) is 6.61 Å². The van der Waals surface area contributed by atoms with Gasteiger partial charge in [0, 0.05) is 5.56 Å². The first-order chi connectivity index (χ1) is 9.13. The molecule has 19 heavy (non-hydrogen) atoms. The maximum atomic E-state index is 13.3. The summed E-state index contributed by atoms with van der Waals surface area (Å²) >= 11 is 0. The predicted molar refractivity (Wildman–Crippen MR) is 72.2 cm³/mol. The Balaban J connectivity index is 2.47. The average molecular weight is 258 g/mol. The SMILES string of the molecule is CCOc1ccccc1C(=O)c1cc(F)ccc1C. The fourth-order valence-corrected chi connectivity index (χ4v) is 1.92. The summed E-state index contributed by atoms with van der Waals surface area (Å²) in [5.74, 6) is -0.109. The summed E-state index contributed by atoms with van der Waals surface area (Å²) in [5.41, 5.74) is 1.57. The fraction of sp³-hybridized carbons (Fsp3) is 0.188. The van der Waals surface area contributed by atoms with Crippen molar-refractivity contribution in [2.45, 2.75) is 13.8 Å². The van der Waals surface area contributed by atoms with E-state index in [0.29, 0.717) is 23.5 Å². The van der Waals surface area contributed by atoms with E-state index in [1.165, 1.54) is 12.1 Å². The van der Waals surface area contributed by atoms with Crippen LogP contribution < -0.4 is 4.74 Å². The number of halogens is 1. The molecule has 0 fully saturated rings. The van der Waals surface area contributed by atoms with Gasteiger partial charge in [-0.3, -0.25) is 4.79 Å². The summed E-state index contributed by atoms with van der Waals surface area (Å²) in [6, 6.07) is 11.2. The van der Waals surface area contributed by atoms with Crippen LogP contribution in [0.1, 0.15) is 28.4 Å². The zero-order valence-electron chi connectivity index (χ0n) is 10.9. The maximum Gasteiger partial charge on any atom is 0.197 e. The molecule has 0 saturated carbocycles. The summed E-state index contributed by atoms with van der Waals surface area (Å²) in [4.78, 5) is 12.5. The molecule has 0 atom stereocenters. The zero-order chi connectivity index (χ0) is 13.8. The number of ketones is 1. The molecule has 0 N–H and O–H groups in total. The third-order valence-corrected chi connectivity index (χ3v) is 2.88. The highest BCUT2D eigenvalue weighted by Gasteiger charge is 2.16. The minimum atomic E-state index is -0.414. The molecule has 0 aliphatic heterocycles. The van der Waals surface area contributed by atoms with Crippen molar-refractivity contribution in [2.24, 2.45) is 0 Å². The molecule has 2 aromatic carbocycles. The van der Waals surface area contributed by atoms with E-state index in [9.17, 15) is 9.18 Å². The first-order valence-electron chi connectivity index (χ1n) is 6.16. The number of benzene rings is 2. The lowest BCUT2D eigenvalue weighted by molar-refractivity contribution is 0.103. The predicted octanol–water partition coefficient (Wildman–Crippen LogP) is 3.76. The molecule has 0 aliphatic rings. The van der Waals surface area contributed by atoms with E-state index in [1.807, 2.05) is 6.92 Å². The van der Waals surface area contributed by atoms with Gasteiger partial charge >= 0.3 is 0 Å². The summed E-state index contributed by atoms with van der Waals surface area (Å²) in [6.45, 7) is 4.12. The number of hydrogen-bond acceptors (Lipinski definition) is 2. The van der Waals surface area contributed by atoms with Crippen LogP contribution in [-0.4, -0.2) is 12.4 Å². The Morgan fingerprint density at radius 3 is 2.63 bits per heavy atom. The van der Waals surface area contributed by atoms with Gasteiger partial charge in [-0.1, -0.05) is 18.2 Å². The molecule has 0 spiro atoms. The van der Waals surface area contributed by atoms with Crippen molar-refractivity contribution < 1.29 is 13.9 Å². The molecule has 0 amide bonds. The lowest BCUT2D eigenvalue weighted by Gasteiger charge is -2.10. The van der Waals surface area contributed by atoms with Crippen LogP contribution in [-0.2, 0) is 0 Å². The Morgan fingerprint density at radius 1 is 1.16 bits per heavy atom. The first kappa shape index (κ1) is 13.3. The summed E-state index contributed by atoms with van der Waals surface area (Å²) < 4.78 is 18.7. The topological polar surface area (TPSA) is 26.3 Å². The Labute approximate surface area is 111 Å². The van der Waals surface area contributed by atoms with E-state index < -0.39 is 5.82 Å². The first-order valence-corrected chi connectivity index (χ1v) is 6.16. The Morgan fingerprint density at radius 2 is 1.89 bits per heavy atom. The van der Waals surface area contributed by atoms with E-state index in [2.05, 4.69) is 0 Å². The Bertz CT molecular complexity index is 605. The highest BCUT2D eigenvalue weighted by atomic mass is 19.1. The van der Waals surface area contributed by atoms with Crippen LogP contribution in [0.5, 0.6) is 5.75 Å². The third-order valence-electron chi connectivity index (χ3n) is 2.88. The van der Waals surface area contributed by atoms with Crippen molar-refractivity contribution in [3.8, 4) is 5.75 Å². The number of hydrogen-bond donors (Lipinski definition) is 0. The van der Waals surface area contributed by atoms with Crippen LogP contribution in [0.2, 0.25) is 0 Å². The monoisotopic (exact) mass is 258 g/mol. The van der Waals surface area contributed by atoms with Crippen molar-refractivity contribution in [1.82, 2.24) is 0 Å². The summed E-state index contributed by atoms with van der Waals surface area (Å²) in [5, 5.41) is 0. The highest BCUT2D eigenvalue weighted by Crippen LogP contribution is 2.23. The van der Waals surface area contributed by atoms with Gasteiger partial charge in [0.05, 0.1) is 12.2 Å². The average Bonchev–Trinajstić information content (AvgIpc) is 2.42. The molecule has 2 nitrogen and oxygen atoms in total. The molecule has 0 heterocycles. The van der Waals surface area contributed by atoms with Gasteiger partial charge in [0.1, 0.15) is 11.6 Å². The molecule has 0 unspecified atom stereocenters. The number of aryl methyl sites for hydroxylation is 1. The van der Waals surface area contributed by atoms with Gasteiger partial charge in [-0.15, -0.1) is 0 Å². The van der Waals surface area contributed by atoms with Crippen LogP contribution >= 0.6 is 0 Å². The molecule has 0 radical (unpaired) electrons. The fourth-order valence-electron chi connectivity index (χ4n) is 1.92. The van der Waals surface area contributed by atoms with Crippen LogP contribution in [0.25, 0.3) is 0 Å². The Hall–Kier alpha value is -2.16. The smallest absolute Gasteiger partial charge is 0.197 e. The lowest BCUT2D eigenvalue weighted by Crippen LogP contribution is -2.07. The zero-order valence-corrected chi connectivity index (χ0v) is 10.9. The molecule has 0 aliphatic carbocycles. The molecule has 2 rings (SSSR count). The van der Waals surface area contributed by atoms with Crippen molar-refractivity contribution in [3.05, 3.63) is 65.0 Å². The number of ether oxygens (including phenoxy) is 1. The van der Waals surface area contributed by atoms with Crippen LogP contribution in [0.15, 0.2) is 42.5 Å². The van der Waals surface area contributed by atoms with E-state index >= 15 is 0 Å².